The van der Waals surface area contributed by atoms with Crippen molar-refractivity contribution in [3.63, 3.8) is 0 Å². The van der Waals surface area contributed by atoms with E-state index in [1.54, 1.807) is 19.4 Å². The van der Waals surface area contributed by atoms with Gasteiger partial charge in [-0.2, -0.15) is 0 Å². The minimum Gasteiger partial charge on any atom is -0.490 e. The number of aliphatic imine (C=N–C) groups is 1. The van der Waals surface area contributed by atoms with Gasteiger partial charge in [-0.25, -0.2) is 0 Å². The van der Waals surface area contributed by atoms with Gasteiger partial charge < -0.3 is 15.4 Å². The number of halogens is 1. The number of aromatic nitrogens is 1. The fourth-order valence-electron chi connectivity index (χ4n) is 2.78. The second-order valence-electron chi connectivity index (χ2n) is 6.18. The van der Waals surface area contributed by atoms with E-state index in [2.05, 4.69) is 32.7 Å². The van der Waals surface area contributed by atoms with Gasteiger partial charge in [0, 0.05) is 30.2 Å². The van der Waals surface area contributed by atoms with Crippen LogP contribution in [0.3, 0.4) is 0 Å². The fourth-order valence-corrected chi connectivity index (χ4v) is 2.97. The van der Waals surface area contributed by atoms with Crippen molar-refractivity contribution >= 4 is 17.6 Å². The van der Waals surface area contributed by atoms with E-state index in [1.807, 2.05) is 24.3 Å². The van der Waals surface area contributed by atoms with Gasteiger partial charge in [-0.1, -0.05) is 23.7 Å². The molecule has 132 valence electrons. The van der Waals surface area contributed by atoms with E-state index in [-0.39, 0.29) is 5.41 Å². The molecule has 3 rings (SSSR count). The SMILES string of the molecule is CN=C(NCCOc1cccnc1)NCC1(c2cccc(Cl)c2)CC1. The lowest BCUT2D eigenvalue weighted by Crippen LogP contribution is -2.42. The number of guanidine groups is 1. The summed E-state index contributed by atoms with van der Waals surface area (Å²) in [6.07, 6.45) is 5.77. The second-order valence-corrected chi connectivity index (χ2v) is 6.62. The van der Waals surface area contributed by atoms with Gasteiger partial charge in [0.2, 0.25) is 0 Å². The molecule has 0 unspecified atom stereocenters. The van der Waals surface area contributed by atoms with Gasteiger partial charge in [-0.3, -0.25) is 9.98 Å². The molecule has 1 heterocycles. The first kappa shape index (κ1) is 17.5. The maximum Gasteiger partial charge on any atom is 0.191 e. The van der Waals surface area contributed by atoms with Crippen LogP contribution in [0.25, 0.3) is 0 Å². The summed E-state index contributed by atoms with van der Waals surface area (Å²) in [4.78, 5) is 8.30. The maximum absolute atomic E-state index is 6.13. The van der Waals surface area contributed by atoms with E-state index < -0.39 is 0 Å². The zero-order chi connectivity index (χ0) is 17.5. The Hall–Kier alpha value is -2.27. The normalized spacial score (nSPS) is 15.5. The molecule has 0 saturated heterocycles. The van der Waals surface area contributed by atoms with Crippen LogP contribution >= 0.6 is 11.6 Å². The molecular weight excluding hydrogens is 336 g/mol. The number of hydrogen-bond acceptors (Lipinski definition) is 3. The summed E-state index contributed by atoms with van der Waals surface area (Å²) in [5.74, 6) is 1.55. The summed E-state index contributed by atoms with van der Waals surface area (Å²) in [5, 5.41) is 7.48. The molecule has 2 aromatic rings. The fraction of sp³-hybridized carbons (Fsp3) is 0.368. The number of nitrogens with zero attached hydrogens (tertiary/aromatic N) is 2. The molecule has 1 aromatic heterocycles. The predicted molar refractivity (Wildman–Crippen MR) is 101 cm³/mol. The third-order valence-electron chi connectivity index (χ3n) is 4.41. The molecular formula is C19H23ClN4O. The first-order valence-electron chi connectivity index (χ1n) is 8.45. The van der Waals surface area contributed by atoms with Crippen LogP contribution < -0.4 is 15.4 Å². The van der Waals surface area contributed by atoms with E-state index in [1.165, 1.54) is 18.4 Å². The van der Waals surface area contributed by atoms with Gasteiger partial charge in [0.25, 0.3) is 0 Å². The molecule has 0 radical (unpaired) electrons. The number of benzene rings is 1. The zero-order valence-electron chi connectivity index (χ0n) is 14.3. The average molecular weight is 359 g/mol. The molecule has 6 heteroatoms. The van der Waals surface area contributed by atoms with Crippen molar-refractivity contribution in [2.75, 3.05) is 26.7 Å². The molecule has 0 bridgehead atoms. The summed E-state index contributed by atoms with van der Waals surface area (Å²) in [5.41, 5.74) is 1.47. The van der Waals surface area contributed by atoms with Crippen LogP contribution in [-0.4, -0.2) is 37.7 Å². The van der Waals surface area contributed by atoms with Crippen LogP contribution in [0.1, 0.15) is 18.4 Å². The Morgan fingerprint density at radius 3 is 2.84 bits per heavy atom. The van der Waals surface area contributed by atoms with Crippen molar-refractivity contribution in [2.45, 2.75) is 18.3 Å². The molecule has 0 aliphatic heterocycles. The topological polar surface area (TPSA) is 58.5 Å². The molecule has 1 fully saturated rings. The summed E-state index contributed by atoms with van der Waals surface area (Å²) in [6.45, 7) is 2.06. The molecule has 25 heavy (non-hydrogen) atoms. The van der Waals surface area contributed by atoms with Crippen molar-refractivity contribution < 1.29 is 4.74 Å². The number of rotatable bonds is 7. The van der Waals surface area contributed by atoms with Gasteiger partial charge in [0.05, 0.1) is 12.7 Å². The minimum atomic E-state index is 0.175. The molecule has 1 aromatic carbocycles. The number of pyridine rings is 1. The highest BCUT2D eigenvalue weighted by atomic mass is 35.5. The zero-order valence-corrected chi connectivity index (χ0v) is 15.1. The number of ether oxygens (including phenoxy) is 1. The highest BCUT2D eigenvalue weighted by molar-refractivity contribution is 6.30. The van der Waals surface area contributed by atoms with Crippen molar-refractivity contribution in [2.24, 2.45) is 4.99 Å². The highest BCUT2D eigenvalue weighted by Crippen LogP contribution is 2.48. The van der Waals surface area contributed by atoms with E-state index >= 15 is 0 Å². The highest BCUT2D eigenvalue weighted by Gasteiger charge is 2.44. The van der Waals surface area contributed by atoms with Crippen LogP contribution in [0.5, 0.6) is 5.75 Å². The monoisotopic (exact) mass is 358 g/mol. The Kier molecular flexibility index (Phi) is 5.76. The lowest BCUT2D eigenvalue weighted by molar-refractivity contribution is 0.320. The van der Waals surface area contributed by atoms with Crippen LogP contribution in [0.2, 0.25) is 5.02 Å². The summed E-state index contributed by atoms with van der Waals surface area (Å²) < 4.78 is 5.62. The smallest absolute Gasteiger partial charge is 0.191 e. The third kappa shape index (κ3) is 4.86. The molecule has 0 amide bonds. The quantitative estimate of drug-likeness (QED) is 0.454. The van der Waals surface area contributed by atoms with Crippen molar-refractivity contribution in [3.05, 3.63) is 59.4 Å². The Bertz CT molecular complexity index is 716. The summed E-state index contributed by atoms with van der Waals surface area (Å²) in [7, 11) is 1.77. The molecule has 1 saturated carbocycles. The van der Waals surface area contributed by atoms with E-state index in [9.17, 15) is 0 Å². The second kappa shape index (κ2) is 8.21. The predicted octanol–water partition coefficient (Wildman–Crippen LogP) is 3.01. The van der Waals surface area contributed by atoms with Crippen LogP contribution in [0, 0.1) is 0 Å². The molecule has 1 aliphatic carbocycles. The van der Waals surface area contributed by atoms with Gasteiger partial charge in [0.1, 0.15) is 12.4 Å². The van der Waals surface area contributed by atoms with Gasteiger partial charge >= 0.3 is 0 Å². The standard InChI is InChI=1S/C19H23ClN4O/c1-21-18(23-10-11-25-17-6-3-9-22-13-17)24-14-19(7-8-19)15-4-2-5-16(20)12-15/h2-6,9,12-13H,7-8,10-11,14H2,1H3,(H2,21,23,24). The number of nitrogens with one attached hydrogen (secondary N) is 2. The molecule has 5 nitrogen and oxygen atoms in total. The van der Waals surface area contributed by atoms with E-state index in [4.69, 9.17) is 16.3 Å². The van der Waals surface area contributed by atoms with Crippen molar-refractivity contribution in [1.29, 1.82) is 0 Å². The Balaban J connectivity index is 1.44. The molecule has 0 atom stereocenters. The maximum atomic E-state index is 6.13. The van der Waals surface area contributed by atoms with Gasteiger partial charge in [-0.05, 0) is 42.7 Å². The summed E-state index contributed by atoms with van der Waals surface area (Å²) >= 11 is 6.13. The van der Waals surface area contributed by atoms with Crippen molar-refractivity contribution in [1.82, 2.24) is 15.6 Å². The largest absolute Gasteiger partial charge is 0.490 e. The molecule has 2 N–H and O–H groups in total. The Morgan fingerprint density at radius 1 is 1.28 bits per heavy atom. The third-order valence-corrected chi connectivity index (χ3v) is 4.64. The van der Waals surface area contributed by atoms with Gasteiger partial charge in [0.15, 0.2) is 5.96 Å². The first-order valence-corrected chi connectivity index (χ1v) is 8.83. The van der Waals surface area contributed by atoms with E-state index in [0.29, 0.717) is 13.2 Å². The van der Waals surface area contributed by atoms with Crippen LogP contribution in [0.15, 0.2) is 53.8 Å². The lowest BCUT2D eigenvalue weighted by Gasteiger charge is -2.19. The van der Waals surface area contributed by atoms with Gasteiger partial charge in [-0.15, -0.1) is 0 Å². The minimum absolute atomic E-state index is 0.175. The Morgan fingerprint density at radius 2 is 2.16 bits per heavy atom. The molecule has 0 spiro atoms. The average Bonchev–Trinajstić information content (AvgIpc) is 3.43. The van der Waals surface area contributed by atoms with Crippen molar-refractivity contribution in [3.8, 4) is 5.75 Å². The summed E-state index contributed by atoms with van der Waals surface area (Å²) in [6, 6.07) is 11.9. The van der Waals surface area contributed by atoms with Crippen LogP contribution in [0.4, 0.5) is 0 Å². The number of hydrogen-bond donors (Lipinski definition) is 2. The molecule has 1 aliphatic rings. The van der Waals surface area contributed by atoms with E-state index in [0.717, 1.165) is 23.3 Å². The Labute approximate surface area is 153 Å². The lowest BCUT2D eigenvalue weighted by atomic mass is 9.96. The van der Waals surface area contributed by atoms with Crippen LogP contribution in [-0.2, 0) is 5.41 Å². The first-order chi connectivity index (χ1) is 12.2.